The Balaban J connectivity index is 1.70. The molecule has 3 aromatic rings. The molecule has 4 heterocycles. The molecule has 154 valence electrons. The van der Waals surface area contributed by atoms with Crippen LogP contribution in [0, 0.1) is 0 Å². The van der Waals surface area contributed by atoms with Gasteiger partial charge >= 0.3 is 0 Å². The van der Waals surface area contributed by atoms with Crippen molar-refractivity contribution in [2.24, 2.45) is 0 Å². The maximum Gasteiger partial charge on any atom is 0.255 e. The molecule has 1 atom stereocenters. The Hall–Kier alpha value is -3.20. The SMILES string of the molecule is CS(=O)(=O)c1cnc(-c2ccccn2)nc1C1CCCN(C(=O)c2cccnc2)C1. The summed E-state index contributed by atoms with van der Waals surface area (Å²) in [6, 6.07) is 8.84. The van der Waals surface area contributed by atoms with E-state index in [1.165, 1.54) is 12.4 Å². The van der Waals surface area contributed by atoms with E-state index in [0.717, 1.165) is 19.1 Å². The lowest BCUT2D eigenvalue weighted by Gasteiger charge is -2.33. The van der Waals surface area contributed by atoms with Crippen molar-refractivity contribution in [3.63, 3.8) is 0 Å². The van der Waals surface area contributed by atoms with E-state index in [1.54, 1.807) is 41.6 Å². The summed E-state index contributed by atoms with van der Waals surface area (Å²) >= 11 is 0. The molecule has 1 aliphatic rings. The summed E-state index contributed by atoms with van der Waals surface area (Å²) in [6.45, 7) is 0.992. The number of amides is 1. The van der Waals surface area contributed by atoms with Crippen LogP contribution in [0.4, 0.5) is 0 Å². The molecule has 1 fully saturated rings. The van der Waals surface area contributed by atoms with Crippen molar-refractivity contribution in [2.45, 2.75) is 23.7 Å². The molecule has 3 aromatic heterocycles. The Kier molecular flexibility index (Phi) is 5.54. The maximum atomic E-state index is 12.9. The van der Waals surface area contributed by atoms with Gasteiger partial charge in [-0.15, -0.1) is 0 Å². The number of pyridine rings is 2. The molecule has 4 rings (SSSR count). The Morgan fingerprint density at radius 1 is 1.10 bits per heavy atom. The fourth-order valence-electron chi connectivity index (χ4n) is 3.64. The predicted octanol–water partition coefficient (Wildman–Crippen LogP) is 2.36. The number of hydrogen-bond acceptors (Lipinski definition) is 7. The maximum absolute atomic E-state index is 12.9. The molecule has 0 bridgehead atoms. The molecule has 1 aliphatic heterocycles. The summed E-state index contributed by atoms with van der Waals surface area (Å²) < 4.78 is 24.8. The summed E-state index contributed by atoms with van der Waals surface area (Å²) in [7, 11) is -3.53. The highest BCUT2D eigenvalue weighted by atomic mass is 32.2. The van der Waals surface area contributed by atoms with Crippen molar-refractivity contribution < 1.29 is 13.2 Å². The molecule has 0 aliphatic carbocycles. The molecule has 0 saturated carbocycles. The van der Waals surface area contributed by atoms with E-state index >= 15 is 0 Å². The number of carbonyl (C=O) groups excluding carboxylic acids is 1. The van der Waals surface area contributed by atoms with E-state index in [1.807, 2.05) is 6.07 Å². The molecule has 8 nitrogen and oxygen atoms in total. The van der Waals surface area contributed by atoms with E-state index in [4.69, 9.17) is 0 Å². The number of piperidine rings is 1. The van der Waals surface area contributed by atoms with Crippen molar-refractivity contribution in [2.75, 3.05) is 19.3 Å². The Labute approximate surface area is 175 Å². The second-order valence-electron chi connectivity index (χ2n) is 7.26. The van der Waals surface area contributed by atoms with E-state index in [0.29, 0.717) is 35.9 Å². The van der Waals surface area contributed by atoms with Gasteiger partial charge in [-0.2, -0.15) is 0 Å². The second-order valence-corrected chi connectivity index (χ2v) is 9.25. The van der Waals surface area contributed by atoms with Crippen molar-refractivity contribution in [3.05, 3.63) is 66.4 Å². The van der Waals surface area contributed by atoms with Gasteiger partial charge in [0.1, 0.15) is 10.6 Å². The van der Waals surface area contributed by atoms with Gasteiger partial charge < -0.3 is 4.90 Å². The summed E-state index contributed by atoms with van der Waals surface area (Å²) in [4.78, 5) is 31.8. The summed E-state index contributed by atoms with van der Waals surface area (Å²) in [5, 5.41) is 0. The van der Waals surface area contributed by atoms with Gasteiger partial charge in [0.2, 0.25) is 0 Å². The van der Waals surface area contributed by atoms with Gasteiger partial charge in [-0.1, -0.05) is 6.07 Å². The van der Waals surface area contributed by atoms with Crippen LogP contribution in [-0.2, 0) is 9.84 Å². The van der Waals surface area contributed by atoms with Gasteiger partial charge in [-0.05, 0) is 37.1 Å². The van der Waals surface area contributed by atoms with E-state index < -0.39 is 9.84 Å². The first kappa shape index (κ1) is 20.1. The number of rotatable bonds is 4. The quantitative estimate of drug-likeness (QED) is 0.634. The van der Waals surface area contributed by atoms with Crippen LogP contribution < -0.4 is 0 Å². The van der Waals surface area contributed by atoms with Gasteiger partial charge in [0.05, 0.1) is 11.3 Å². The standard InChI is InChI=1S/C21H21N5O3S/c1-30(28,29)18-13-24-20(17-8-2-3-10-23-17)25-19(18)16-7-5-11-26(14-16)21(27)15-6-4-9-22-12-15/h2-4,6,8-10,12-13,16H,5,7,11,14H2,1H3. The van der Waals surface area contributed by atoms with Gasteiger partial charge in [-0.3, -0.25) is 14.8 Å². The molecule has 1 saturated heterocycles. The lowest BCUT2D eigenvalue weighted by atomic mass is 9.94. The third-order valence-electron chi connectivity index (χ3n) is 5.08. The number of nitrogens with zero attached hydrogens (tertiary/aromatic N) is 5. The molecule has 1 amide bonds. The van der Waals surface area contributed by atoms with Crippen LogP contribution in [0.25, 0.3) is 11.5 Å². The minimum absolute atomic E-state index is 0.0999. The van der Waals surface area contributed by atoms with Crippen LogP contribution in [-0.4, -0.2) is 58.5 Å². The first-order valence-electron chi connectivity index (χ1n) is 9.61. The normalized spacial score (nSPS) is 17.0. The zero-order valence-corrected chi connectivity index (χ0v) is 17.3. The van der Waals surface area contributed by atoms with Crippen LogP contribution in [0.15, 0.2) is 60.0 Å². The summed E-state index contributed by atoms with van der Waals surface area (Å²) in [6.07, 6.45) is 8.78. The number of carbonyl (C=O) groups is 1. The average molecular weight is 423 g/mol. The van der Waals surface area contributed by atoms with Crippen LogP contribution in [0.5, 0.6) is 0 Å². The highest BCUT2D eigenvalue weighted by Gasteiger charge is 2.30. The highest BCUT2D eigenvalue weighted by Crippen LogP contribution is 2.31. The Bertz CT molecular complexity index is 1150. The summed E-state index contributed by atoms with van der Waals surface area (Å²) in [5.74, 6) is 0.0379. The molecule has 30 heavy (non-hydrogen) atoms. The van der Waals surface area contributed by atoms with Gasteiger partial charge in [0.15, 0.2) is 15.7 Å². The number of likely N-dealkylation sites (tertiary alicyclic amines) is 1. The number of sulfone groups is 1. The molecule has 0 spiro atoms. The summed E-state index contributed by atoms with van der Waals surface area (Å²) in [5.41, 5.74) is 1.52. The van der Waals surface area contributed by atoms with E-state index in [9.17, 15) is 13.2 Å². The molecule has 9 heteroatoms. The molecule has 0 N–H and O–H groups in total. The predicted molar refractivity (Wildman–Crippen MR) is 110 cm³/mol. The van der Waals surface area contributed by atoms with E-state index in [2.05, 4.69) is 19.9 Å². The van der Waals surface area contributed by atoms with Crippen LogP contribution in [0.3, 0.4) is 0 Å². The monoisotopic (exact) mass is 423 g/mol. The van der Waals surface area contributed by atoms with Crippen molar-refractivity contribution in [3.8, 4) is 11.5 Å². The molecular formula is C21H21N5O3S. The fraction of sp³-hybridized carbons (Fsp3) is 0.286. The Morgan fingerprint density at radius 3 is 2.67 bits per heavy atom. The zero-order valence-electron chi connectivity index (χ0n) is 16.5. The van der Waals surface area contributed by atoms with Crippen LogP contribution in [0.2, 0.25) is 0 Å². The smallest absolute Gasteiger partial charge is 0.255 e. The lowest BCUT2D eigenvalue weighted by Crippen LogP contribution is -2.39. The van der Waals surface area contributed by atoms with Gasteiger partial charge in [-0.25, -0.2) is 18.4 Å². The van der Waals surface area contributed by atoms with Crippen molar-refractivity contribution >= 4 is 15.7 Å². The van der Waals surface area contributed by atoms with Gasteiger partial charge in [0, 0.05) is 50.1 Å². The lowest BCUT2D eigenvalue weighted by molar-refractivity contribution is 0.0704. The minimum atomic E-state index is -3.53. The topological polar surface area (TPSA) is 106 Å². The number of hydrogen-bond donors (Lipinski definition) is 0. The average Bonchev–Trinajstić information content (AvgIpc) is 2.79. The second kappa shape index (κ2) is 8.27. The molecular weight excluding hydrogens is 402 g/mol. The fourth-order valence-corrected chi connectivity index (χ4v) is 4.47. The zero-order chi connectivity index (χ0) is 21.1. The van der Waals surface area contributed by atoms with Crippen molar-refractivity contribution in [1.82, 2.24) is 24.8 Å². The minimum Gasteiger partial charge on any atom is -0.338 e. The van der Waals surface area contributed by atoms with E-state index in [-0.39, 0.29) is 16.7 Å². The third-order valence-corrected chi connectivity index (χ3v) is 6.19. The van der Waals surface area contributed by atoms with Crippen LogP contribution >= 0.6 is 0 Å². The largest absolute Gasteiger partial charge is 0.338 e. The first-order chi connectivity index (χ1) is 14.4. The molecule has 1 unspecified atom stereocenters. The molecule has 0 aromatic carbocycles. The Morgan fingerprint density at radius 2 is 1.97 bits per heavy atom. The van der Waals surface area contributed by atoms with Crippen LogP contribution in [0.1, 0.15) is 34.8 Å². The third kappa shape index (κ3) is 4.20. The highest BCUT2D eigenvalue weighted by molar-refractivity contribution is 7.90. The first-order valence-corrected chi connectivity index (χ1v) is 11.5. The molecule has 0 radical (unpaired) electrons. The van der Waals surface area contributed by atoms with Crippen molar-refractivity contribution in [1.29, 1.82) is 0 Å². The van der Waals surface area contributed by atoms with Gasteiger partial charge in [0.25, 0.3) is 5.91 Å². The number of aromatic nitrogens is 4.